The Labute approximate surface area is 209 Å². The molecule has 2 aliphatic rings. The Hall–Kier alpha value is -0.0800. The minimum Gasteiger partial charge on any atom is -0.303 e. The van der Waals surface area contributed by atoms with Gasteiger partial charge < -0.3 is 9.80 Å². The molecule has 0 saturated carbocycles. The summed E-state index contributed by atoms with van der Waals surface area (Å²) in [7, 11) is 0. The quantitative estimate of drug-likeness (QED) is 0.167. The van der Waals surface area contributed by atoms with E-state index < -0.39 is 0 Å². The van der Waals surface area contributed by atoms with E-state index in [0.29, 0.717) is 5.41 Å². The Morgan fingerprint density at radius 3 is 1.73 bits per heavy atom. The number of nitrogens with zero attached hydrogens (tertiary/aromatic N) is 2. The van der Waals surface area contributed by atoms with Gasteiger partial charge in [-0.15, -0.1) is 0 Å². The zero-order chi connectivity index (χ0) is 23.8. The van der Waals surface area contributed by atoms with Gasteiger partial charge in [0.05, 0.1) is 0 Å². The van der Waals surface area contributed by atoms with E-state index in [2.05, 4.69) is 37.5 Å². The van der Waals surface area contributed by atoms with Crippen LogP contribution in [0.3, 0.4) is 0 Å². The van der Waals surface area contributed by atoms with Gasteiger partial charge in [-0.1, -0.05) is 105 Å². The van der Waals surface area contributed by atoms with Crippen LogP contribution in [-0.4, -0.2) is 49.1 Å². The van der Waals surface area contributed by atoms with Crippen molar-refractivity contribution in [1.82, 2.24) is 9.80 Å². The maximum atomic E-state index is 2.85. The van der Waals surface area contributed by atoms with E-state index in [-0.39, 0.29) is 0 Å². The van der Waals surface area contributed by atoms with Crippen LogP contribution in [0.5, 0.6) is 0 Å². The summed E-state index contributed by atoms with van der Waals surface area (Å²) in [5.41, 5.74) is 0.696. The van der Waals surface area contributed by atoms with Crippen LogP contribution in [-0.2, 0) is 0 Å². The van der Waals surface area contributed by atoms with E-state index in [1.807, 2.05) is 0 Å². The maximum Gasteiger partial charge on any atom is 0.00514 e. The van der Waals surface area contributed by atoms with Crippen LogP contribution in [0.4, 0.5) is 0 Å². The topological polar surface area (TPSA) is 6.48 Å². The Bertz CT molecular complexity index is 446. The summed E-state index contributed by atoms with van der Waals surface area (Å²) in [6, 6.07) is 0. The first-order valence-corrected chi connectivity index (χ1v) is 15.6. The molecule has 0 aliphatic carbocycles. The van der Waals surface area contributed by atoms with Gasteiger partial charge in [-0.2, -0.15) is 0 Å². The van der Waals surface area contributed by atoms with Crippen LogP contribution in [0.15, 0.2) is 0 Å². The van der Waals surface area contributed by atoms with E-state index in [1.54, 1.807) is 0 Å². The highest BCUT2D eigenvalue weighted by molar-refractivity contribution is 4.98. The first kappa shape index (κ1) is 29.2. The lowest BCUT2D eigenvalue weighted by atomic mass is 9.71. The summed E-state index contributed by atoms with van der Waals surface area (Å²) in [5, 5.41) is 0. The molecule has 0 aromatic heterocycles. The zero-order valence-corrected chi connectivity index (χ0v) is 23.5. The van der Waals surface area contributed by atoms with E-state index >= 15 is 0 Å². The molecular formula is C31H62N2. The maximum absolute atomic E-state index is 2.85. The molecule has 0 aromatic carbocycles. The molecule has 2 heterocycles. The van der Waals surface area contributed by atoms with Gasteiger partial charge in [0.25, 0.3) is 0 Å². The van der Waals surface area contributed by atoms with Crippen LogP contribution >= 0.6 is 0 Å². The largest absolute Gasteiger partial charge is 0.303 e. The Morgan fingerprint density at radius 1 is 0.606 bits per heavy atom. The third-order valence-corrected chi connectivity index (χ3v) is 8.95. The Balaban J connectivity index is 1.57. The predicted molar refractivity (Wildman–Crippen MR) is 148 cm³/mol. The Morgan fingerprint density at radius 2 is 1.12 bits per heavy atom. The van der Waals surface area contributed by atoms with Crippen LogP contribution in [0.2, 0.25) is 0 Å². The molecular weight excluding hydrogens is 400 g/mol. The number of likely N-dealkylation sites (tertiary alicyclic amines) is 2. The summed E-state index contributed by atoms with van der Waals surface area (Å²) in [5.74, 6) is 1.90. The lowest BCUT2D eigenvalue weighted by Gasteiger charge is -2.54. The van der Waals surface area contributed by atoms with E-state index in [4.69, 9.17) is 0 Å². The number of unbranched alkanes of at least 4 members (excludes halogenated alkanes) is 8. The molecule has 0 N–H and O–H groups in total. The highest BCUT2D eigenvalue weighted by atomic mass is 15.2. The SMILES string of the molecule is CCCCCCC(C)CCCN1CC2(CCN(CC(CCCCC)CCCCCC)CC2)C1. The molecule has 0 amide bonds. The van der Waals surface area contributed by atoms with Crippen molar-refractivity contribution in [2.45, 2.75) is 143 Å². The molecule has 2 unspecified atom stereocenters. The second-order valence-electron chi connectivity index (χ2n) is 12.3. The van der Waals surface area contributed by atoms with Crippen molar-refractivity contribution in [3.05, 3.63) is 0 Å². The number of piperidine rings is 1. The molecule has 33 heavy (non-hydrogen) atoms. The van der Waals surface area contributed by atoms with Crippen molar-refractivity contribution < 1.29 is 0 Å². The van der Waals surface area contributed by atoms with Gasteiger partial charge in [-0.3, -0.25) is 0 Å². The lowest BCUT2D eigenvalue weighted by molar-refractivity contribution is -0.0495. The van der Waals surface area contributed by atoms with Crippen LogP contribution < -0.4 is 0 Å². The molecule has 2 saturated heterocycles. The number of hydrogen-bond donors (Lipinski definition) is 0. The molecule has 2 atom stereocenters. The predicted octanol–water partition coefficient (Wildman–Crippen LogP) is 8.94. The molecule has 2 aliphatic heterocycles. The second kappa shape index (κ2) is 17.4. The zero-order valence-electron chi connectivity index (χ0n) is 23.5. The molecule has 2 fully saturated rings. The molecule has 2 nitrogen and oxygen atoms in total. The van der Waals surface area contributed by atoms with Crippen molar-refractivity contribution >= 4 is 0 Å². The van der Waals surface area contributed by atoms with Crippen molar-refractivity contribution in [1.29, 1.82) is 0 Å². The smallest absolute Gasteiger partial charge is 0.00514 e. The minimum atomic E-state index is 0.696. The molecule has 0 aromatic rings. The summed E-state index contributed by atoms with van der Waals surface area (Å²) < 4.78 is 0. The van der Waals surface area contributed by atoms with Crippen molar-refractivity contribution in [2.24, 2.45) is 17.3 Å². The molecule has 2 heteroatoms. The Kier molecular flexibility index (Phi) is 15.3. The van der Waals surface area contributed by atoms with Crippen LogP contribution in [0, 0.1) is 17.3 Å². The summed E-state index contributed by atoms with van der Waals surface area (Å²) in [6.45, 7) is 17.8. The molecule has 196 valence electrons. The van der Waals surface area contributed by atoms with E-state index in [9.17, 15) is 0 Å². The third-order valence-electron chi connectivity index (χ3n) is 8.95. The highest BCUT2D eigenvalue weighted by Crippen LogP contribution is 2.41. The normalized spacial score (nSPS) is 20.7. The van der Waals surface area contributed by atoms with Crippen LogP contribution in [0.25, 0.3) is 0 Å². The third kappa shape index (κ3) is 11.9. The highest BCUT2D eigenvalue weighted by Gasteiger charge is 2.44. The molecule has 1 spiro atoms. The molecule has 0 bridgehead atoms. The van der Waals surface area contributed by atoms with Gasteiger partial charge >= 0.3 is 0 Å². The van der Waals surface area contributed by atoms with E-state index in [0.717, 1.165) is 11.8 Å². The summed E-state index contributed by atoms with van der Waals surface area (Å²) in [4.78, 5) is 5.63. The van der Waals surface area contributed by atoms with Crippen LogP contribution in [0.1, 0.15) is 143 Å². The first-order chi connectivity index (χ1) is 16.1. The van der Waals surface area contributed by atoms with Crippen molar-refractivity contribution in [3.63, 3.8) is 0 Å². The fraction of sp³-hybridized carbons (Fsp3) is 1.00. The van der Waals surface area contributed by atoms with Crippen molar-refractivity contribution in [2.75, 3.05) is 39.3 Å². The average Bonchev–Trinajstić information content (AvgIpc) is 2.79. The van der Waals surface area contributed by atoms with E-state index in [1.165, 1.54) is 155 Å². The number of rotatable bonds is 20. The second-order valence-corrected chi connectivity index (χ2v) is 12.3. The van der Waals surface area contributed by atoms with Gasteiger partial charge in [0.15, 0.2) is 0 Å². The van der Waals surface area contributed by atoms with Crippen molar-refractivity contribution in [3.8, 4) is 0 Å². The fourth-order valence-electron chi connectivity index (χ4n) is 6.55. The molecule has 0 radical (unpaired) electrons. The lowest BCUT2D eigenvalue weighted by Crippen LogP contribution is -2.60. The standard InChI is InChI=1S/C31H62N2/c1-5-8-11-14-17-29(4)18-16-23-33-27-31(28-33)21-24-32(25-22-31)26-30(19-13-10-7-3)20-15-12-9-6-2/h29-30H,5-28H2,1-4H3. The fourth-order valence-corrected chi connectivity index (χ4v) is 6.55. The monoisotopic (exact) mass is 462 g/mol. The summed E-state index contributed by atoms with van der Waals surface area (Å²) in [6.07, 6.45) is 25.9. The van der Waals surface area contributed by atoms with Gasteiger partial charge in [0.2, 0.25) is 0 Å². The van der Waals surface area contributed by atoms with Gasteiger partial charge in [-0.25, -0.2) is 0 Å². The van der Waals surface area contributed by atoms with Gasteiger partial charge in [0.1, 0.15) is 0 Å². The first-order valence-electron chi connectivity index (χ1n) is 15.6. The molecule has 2 rings (SSSR count). The van der Waals surface area contributed by atoms with Gasteiger partial charge in [-0.05, 0) is 75.4 Å². The van der Waals surface area contributed by atoms with Gasteiger partial charge in [0, 0.05) is 19.6 Å². The minimum absolute atomic E-state index is 0.696. The average molecular weight is 463 g/mol. The summed E-state index contributed by atoms with van der Waals surface area (Å²) >= 11 is 0. The number of hydrogen-bond acceptors (Lipinski definition) is 2.